The van der Waals surface area contributed by atoms with Crippen molar-refractivity contribution >= 4 is 17.1 Å². The van der Waals surface area contributed by atoms with E-state index in [-0.39, 0.29) is 0 Å². The van der Waals surface area contributed by atoms with Gasteiger partial charge in [-0.25, -0.2) is 8.78 Å². The second-order valence-electron chi connectivity index (χ2n) is 4.31. The average molecular weight is 260 g/mol. The molecular weight excluding hydrogens is 246 g/mol. The van der Waals surface area contributed by atoms with Crippen LogP contribution in [0.5, 0.6) is 0 Å². The van der Waals surface area contributed by atoms with Gasteiger partial charge in [-0.1, -0.05) is 12.6 Å². The Balaban J connectivity index is 2.25. The Labute approximate surface area is 110 Å². The average Bonchev–Trinajstić information content (AvgIpc) is 2.36. The third kappa shape index (κ3) is 2.91. The van der Waals surface area contributed by atoms with Crippen molar-refractivity contribution in [3.8, 4) is 0 Å². The first kappa shape index (κ1) is 13.1. The van der Waals surface area contributed by atoms with E-state index in [9.17, 15) is 8.78 Å². The molecule has 3 N–H and O–H groups in total. The second-order valence-corrected chi connectivity index (χ2v) is 4.31. The maximum absolute atomic E-state index is 13.1. The van der Waals surface area contributed by atoms with E-state index < -0.39 is 11.6 Å². The van der Waals surface area contributed by atoms with E-state index in [1.165, 1.54) is 6.07 Å². The van der Waals surface area contributed by atoms with Crippen molar-refractivity contribution in [1.82, 2.24) is 0 Å². The second kappa shape index (κ2) is 5.10. The molecule has 98 valence electrons. The Hall–Kier alpha value is -2.36. The van der Waals surface area contributed by atoms with Crippen molar-refractivity contribution in [2.75, 3.05) is 11.1 Å². The van der Waals surface area contributed by atoms with Crippen LogP contribution in [0.15, 0.2) is 43.0 Å². The van der Waals surface area contributed by atoms with Crippen molar-refractivity contribution in [3.63, 3.8) is 0 Å². The third-order valence-corrected chi connectivity index (χ3v) is 2.80. The zero-order chi connectivity index (χ0) is 14.0. The minimum absolute atomic E-state index is 0.436. The molecule has 2 rings (SSSR count). The highest BCUT2D eigenvalue weighted by Gasteiger charge is 2.06. The molecular formula is C15H14F2N2. The number of anilines is 2. The van der Waals surface area contributed by atoms with Gasteiger partial charge in [0, 0.05) is 28.7 Å². The summed E-state index contributed by atoms with van der Waals surface area (Å²) >= 11 is 0. The minimum Gasteiger partial charge on any atom is -0.399 e. The molecule has 0 aliphatic heterocycles. The van der Waals surface area contributed by atoms with Crippen LogP contribution in [0, 0.1) is 18.6 Å². The van der Waals surface area contributed by atoms with Crippen molar-refractivity contribution < 1.29 is 8.78 Å². The monoisotopic (exact) mass is 260 g/mol. The van der Waals surface area contributed by atoms with Gasteiger partial charge in [-0.15, -0.1) is 0 Å². The Morgan fingerprint density at radius 1 is 1.11 bits per heavy atom. The summed E-state index contributed by atoms with van der Waals surface area (Å²) in [5, 5.41) is 2.94. The van der Waals surface area contributed by atoms with Gasteiger partial charge in [0.05, 0.1) is 0 Å². The van der Waals surface area contributed by atoms with Crippen molar-refractivity contribution in [2.45, 2.75) is 6.92 Å². The fraction of sp³-hybridized carbons (Fsp3) is 0.0667. The molecule has 0 spiro atoms. The van der Waals surface area contributed by atoms with E-state index in [2.05, 4.69) is 11.9 Å². The van der Waals surface area contributed by atoms with E-state index in [1.54, 1.807) is 12.1 Å². The van der Waals surface area contributed by atoms with Crippen molar-refractivity contribution in [1.29, 1.82) is 0 Å². The third-order valence-electron chi connectivity index (χ3n) is 2.80. The lowest BCUT2D eigenvalue weighted by Gasteiger charge is -2.13. The molecule has 0 amide bonds. The Bertz CT molecular complexity index is 636. The highest BCUT2D eigenvalue weighted by molar-refractivity contribution is 5.78. The van der Waals surface area contributed by atoms with E-state index in [1.807, 2.05) is 13.0 Å². The maximum atomic E-state index is 13.1. The predicted octanol–water partition coefficient (Wildman–Crippen LogP) is 3.94. The van der Waals surface area contributed by atoms with Crippen molar-refractivity contribution in [2.24, 2.45) is 0 Å². The number of benzene rings is 2. The number of nitrogens with two attached hydrogens (primary N) is 1. The molecule has 0 heterocycles. The molecule has 4 heteroatoms. The first-order valence-electron chi connectivity index (χ1n) is 5.75. The van der Waals surface area contributed by atoms with Crippen molar-refractivity contribution in [3.05, 3.63) is 65.7 Å². The molecule has 19 heavy (non-hydrogen) atoms. The van der Waals surface area contributed by atoms with Gasteiger partial charge in [-0.3, -0.25) is 0 Å². The van der Waals surface area contributed by atoms with Gasteiger partial charge in [0.1, 0.15) is 0 Å². The van der Waals surface area contributed by atoms with Crippen LogP contribution < -0.4 is 11.1 Å². The molecule has 0 radical (unpaired) electrons. The zero-order valence-corrected chi connectivity index (χ0v) is 10.5. The predicted molar refractivity (Wildman–Crippen MR) is 74.6 cm³/mol. The van der Waals surface area contributed by atoms with E-state index >= 15 is 0 Å². The Morgan fingerprint density at radius 3 is 2.53 bits per heavy atom. The number of aryl methyl sites for hydroxylation is 1. The van der Waals surface area contributed by atoms with Crippen LogP contribution in [0.1, 0.15) is 11.1 Å². The largest absolute Gasteiger partial charge is 0.399 e. The summed E-state index contributed by atoms with van der Waals surface area (Å²) in [6.07, 6.45) is 0. The van der Waals surface area contributed by atoms with Crippen LogP contribution in [0.25, 0.3) is 5.70 Å². The summed E-state index contributed by atoms with van der Waals surface area (Å²) in [5.41, 5.74) is 9.19. The minimum atomic E-state index is -0.901. The number of hydrogen-bond donors (Lipinski definition) is 2. The molecule has 0 bridgehead atoms. The van der Waals surface area contributed by atoms with Crippen LogP contribution in [0.2, 0.25) is 0 Å². The molecule has 0 unspecified atom stereocenters. The van der Waals surface area contributed by atoms with Gasteiger partial charge in [-0.05, 0) is 36.8 Å². The highest BCUT2D eigenvalue weighted by atomic mass is 19.2. The SMILES string of the molecule is C=C(Nc1ccc(F)c(F)c1)c1cc(N)ccc1C. The number of hydrogen-bond acceptors (Lipinski definition) is 2. The van der Waals surface area contributed by atoms with Crippen LogP contribution in [-0.2, 0) is 0 Å². The summed E-state index contributed by atoms with van der Waals surface area (Å²) in [6.45, 7) is 5.81. The first-order valence-corrected chi connectivity index (χ1v) is 5.75. The smallest absolute Gasteiger partial charge is 0.160 e. The van der Waals surface area contributed by atoms with Crippen LogP contribution >= 0.6 is 0 Å². The van der Waals surface area contributed by atoms with Gasteiger partial charge in [0.25, 0.3) is 0 Å². The van der Waals surface area contributed by atoms with Gasteiger partial charge in [0.15, 0.2) is 11.6 Å². The molecule has 0 atom stereocenters. The maximum Gasteiger partial charge on any atom is 0.160 e. The number of nitrogen functional groups attached to an aromatic ring is 1. The lowest BCUT2D eigenvalue weighted by Crippen LogP contribution is -2.01. The van der Waals surface area contributed by atoms with Crippen LogP contribution in [0.4, 0.5) is 20.2 Å². The summed E-state index contributed by atoms with van der Waals surface area (Å²) in [4.78, 5) is 0. The quantitative estimate of drug-likeness (QED) is 0.820. The van der Waals surface area contributed by atoms with E-state index in [0.29, 0.717) is 17.1 Å². The molecule has 0 aliphatic carbocycles. The Morgan fingerprint density at radius 2 is 1.84 bits per heavy atom. The summed E-state index contributed by atoms with van der Waals surface area (Å²) < 4.78 is 25.9. The zero-order valence-electron chi connectivity index (χ0n) is 10.5. The van der Waals surface area contributed by atoms with Gasteiger partial charge in [0.2, 0.25) is 0 Å². The summed E-state index contributed by atoms with van der Waals surface area (Å²) in [5.74, 6) is -1.78. The number of halogens is 2. The summed E-state index contributed by atoms with van der Waals surface area (Å²) in [6, 6.07) is 9.06. The van der Waals surface area contributed by atoms with Gasteiger partial charge >= 0.3 is 0 Å². The van der Waals surface area contributed by atoms with Gasteiger partial charge < -0.3 is 11.1 Å². The molecule has 0 aliphatic rings. The fourth-order valence-corrected chi connectivity index (χ4v) is 1.78. The standard InChI is InChI=1S/C15H14F2N2/c1-9-3-4-11(18)7-13(9)10(2)19-12-5-6-14(16)15(17)8-12/h3-8,19H,2,18H2,1H3. The molecule has 0 saturated carbocycles. The van der Waals surface area contributed by atoms with E-state index in [0.717, 1.165) is 23.3 Å². The normalized spacial score (nSPS) is 10.3. The highest BCUT2D eigenvalue weighted by Crippen LogP contribution is 2.23. The fourth-order valence-electron chi connectivity index (χ4n) is 1.78. The van der Waals surface area contributed by atoms with Gasteiger partial charge in [-0.2, -0.15) is 0 Å². The summed E-state index contributed by atoms with van der Waals surface area (Å²) in [7, 11) is 0. The first-order chi connectivity index (χ1) is 8.97. The molecule has 0 aromatic heterocycles. The van der Waals surface area contributed by atoms with Crippen LogP contribution in [0.3, 0.4) is 0 Å². The molecule has 0 saturated heterocycles. The van der Waals surface area contributed by atoms with Crippen LogP contribution in [-0.4, -0.2) is 0 Å². The molecule has 0 fully saturated rings. The topological polar surface area (TPSA) is 38.0 Å². The van der Waals surface area contributed by atoms with E-state index in [4.69, 9.17) is 5.73 Å². The number of nitrogens with one attached hydrogen (secondary N) is 1. The molecule has 2 aromatic rings. The molecule has 2 aromatic carbocycles. The Kier molecular flexibility index (Phi) is 3.51. The lowest BCUT2D eigenvalue weighted by atomic mass is 10.1. The molecule has 2 nitrogen and oxygen atoms in total. The number of rotatable bonds is 3. The lowest BCUT2D eigenvalue weighted by molar-refractivity contribution is 0.509.